The molecule has 28 heavy (non-hydrogen) atoms. The Morgan fingerprint density at radius 1 is 1.25 bits per heavy atom. The van der Waals surface area contributed by atoms with Gasteiger partial charge < -0.3 is 20.5 Å². The number of aliphatic hydroxyl groups is 1. The van der Waals surface area contributed by atoms with Crippen molar-refractivity contribution in [3.63, 3.8) is 0 Å². The summed E-state index contributed by atoms with van der Waals surface area (Å²) in [5.41, 5.74) is 1.52. The van der Waals surface area contributed by atoms with Gasteiger partial charge in [0, 0.05) is 50.9 Å². The summed E-state index contributed by atoms with van der Waals surface area (Å²) < 4.78 is 3.20. The highest BCUT2D eigenvalue weighted by molar-refractivity contribution is 9.10. The first-order chi connectivity index (χ1) is 13.6. The number of halogens is 1. The van der Waals surface area contributed by atoms with E-state index in [0.717, 1.165) is 40.9 Å². The molecule has 0 atom stereocenters. The molecule has 4 heterocycles. The second-order valence-corrected chi connectivity index (χ2v) is 7.41. The molecule has 1 aliphatic heterocycles. The monoisotopic (exact) mass is 448 g/mol. The number of aliphatic hydroxyl groups excluding tert-OH is 1. The summed E-state index contributed by atoms with van der Waals surface area (Å²) in [7, 11) is 0. The van der Waals surface area contributed by atoms with E-state index >= 15 is 0 Å². The first kappa shape index (κ1) is 18.8. The lowest BCUT2D eigenvalue weighted by molar-refractivity contribution is -0.605. The average molecular weight is 449 g/mol. The second-order valence-electron chi connectivity index (χ2n) is 6.55. The van der Waals surface area contributed by atoms with Gasteiger partial charge in [0.05, 0.1) is 17.3 Å². The van der Waals surface area contributed by atoms with Crippen LogP contribution in [0.15, 0.2) is 35.2 Å². The molecule has 0 aromatic carbocycles. The van der Waals surface area contributed by atoms with E-state index in [1.165, 1.54) is 12.4 Å². The van der Waals surface area contributed by atoms with Crippen molar-refractivity contribution in [3.8, 4) is 0 Å². The third-order valence-corrected chi connectivity index (χ3v) is 5.23. The van der Waals surface area contributed by atoms with Crippen molar-refractivity contribution in [1.82, 2.24) is 24.5 Å². The van der Waals surface area contributed by atoms with Gasteiger partial charge in [0.25, 0.3) is 0 Å². The van der Waals surface area contributed by atoms with Gasteiger partial charge in [-0.05, 0) is 22.0 Å². The van der Waals surface area contributed by atoms with Crippen molar-refractivity contribution in [2.45, 2.75) is 6.54 Å². The number of pyridine rings is 1. The maximum absolute atomic E-state index is 11.5. The van der Waals surface area contributed by atoms with Gasteiger partial charge in [-0.3, -0.25) is 4.90 Å². The number of aromatic nitrogens is 5. The smallest absolute Gasteiger partial charge is 0.230 e. The zero-order valence-corrected chi connectivity index (χ0v) is 16.8. The lowest BCUT2D eigenvalue weighted by Crippen LogP contribution is -2.47. The van der Waals surface area contributed by atoms with Crippen molar-refractivity contribution in [2.75, 3.05) is 49.5 Å². The number of hydrogen-bond donors (Lipinski definition) is 2. The van der Waals surface area contributed by atoms with E-state index in [4.69, 9.17) is 5.11 Å². The maximum Gasteiger partial charge on any atom is 0.230 e. The van der Waals surface area contributed by atoms with Gasteiger partial charge in [-0.2, -0.15) is 24.3 Å². The Labute approximate surface area is 170 Å². The van der Waals surface area contributed by atoms with E-state index in [1.807, 2.05) is 6.07 Å². The minimum Gasteiger partial charge on any atom is -0.619 e. The third kappa shape index (κ3) is 4.01. The molecule has 4 rings (SSSR count). The quantitative estimate of drug-likeness (QED) is 0.407. The highest BCUT2D eigenvalue weighted by Crippen LogP contribution is 2.22. The highest BCUT2D eigenvalue weighted by atomic mass is 79.9. The number of nitrogens with one attached hydrogen (secondary N) is 1. The number of hydrogen-bond acceptors (Lipinski definition) is 8. The van der Waals surface area contributed by atoms with Gasteiger partial charge in [0.15, 0.2) is 18.0 Å². The van der Waals surface area contributed by atoms with Crippen LogP contribution in [0.3, 0.4) is 0 Å². The predicted octanol–water partition coefficient (Wildman–Crippen LogP) is 0.247. The van der Waals surface area contributed by atoms with E-state index in [2.05, 4.69) is 46.1 Å². The Morgan fingerprint density at radius 2 is 2.07 bits per heavy atom. The molecule has 0 amide bonds. The summed E-state index contributed by atoms with van der Waals surface area (Å²) in [5.74, 6) is 1.19. The standard InChI is InChI=1S/C17H21BrN8O2/c18-14-11-20-26-15(14)21-17(24-6-4-23(5-7-24)8-9-27)22-16(26)19-10-13-2-1-3-25(28)12-13/h1-3,11-12,27H,4-10H2,(H,19,21,22). The van der Waals surface area contributed by atoms with Gasteiger partial charge in [-0.15, -0.1) is 0 Å². The van der Waals surface area contributed by atoms with E-state index in [-0.39, 0.29) is 6.61 Å². The van der Waals surface area contributed by atoms with E-state index in [1.54, 1.807) is 16.8 Å². The molecule has 0 unspecified atom stereocenters. The molecule has 0 bridgehead atoms. The Kier molecular flexibility index (Phi) is 5.55. The van der Waals surface area contributed by atoms with Gasteiger partial charge in [0.2, 0.25) is 11.9 Å². The molecule has 3 aromatic heterocycles. The fourth-order valence-electron chi connectivity index (χ4n) is 3.19. The van der Waals surface area contributed by atoms with Crippen LogP contribution in [0.25, 0.3) is 5.65 Å². The number of piperazine rings is 1. The molecule has 1 saturated heterocycles. The molecule has 0 aliphatic carbocycles. The van der Waals surface area contributed by atoms with Crippen LogP contribution < -0.4 is 14.9 Å². The summed E-state index contributed by atoms with van der Waals surface area (Å²) in [6, 6.07) is 3.58. The fourth-order valence-corrected chi connectivity index (χ4v) is 3.54. The van der Waals surface area contributed by atoms with E-state index in [0.29, 0.717) is 30.6 Å². The van der Waals surface area contributed by atoms with Crippen molar-refractivity contribution >= 4 is 33.5 Å². The molecule has 3 aromatic rings. The first-order valence-corrected chi connectivity index (χ1v) is 9.84. The Morgan fingerprint density at radius 3 is 2.82 bits per heavy atom. The molecule has 1 aliphatic rings. The first-order valence-electron chi connectivity index (χ1n) is 9.05. The fraction of sp³-hybridized carbons (Fsp3) is 0.412. The number of anilines is 2. The SMILES string of the molecule is [O-][n+]1cccc(CNc2nc(N3CCN(CCO)CC3)nc3c(Br)cnn23)c1. The summed E-state index contributed by atoms with van der Waals surface area (Å²) in [6.07, 6.45) is 4.66. The number of rotatable bonds is 6. The molecule has 0 radical (unpaired) electrons. The van der Waals surface area contributed by atoms with Crippen molar-refractivity contribution < 1.29 is 9.84 Å². The summed E-state index contributed by atoms with van der Waals surface area (Å²) in [5, 5.41) is 28.2. The van der Waals surface area contributed by atoms with Gasteiger partial charge in [0.1, 0.15) is 0 Å². The third-order valence-electron chi connectivity index (χ3n) is 4.67. The summed E-state index contributed by atoms with van der Waals surface area (Å²) in [4.78, 5) is 13.7. The molecule has 2 N–H and O–H groups in total. The van der Waals surface area contributed by atoms with E-state index < -0.39 is 0 Å². The van der Waals surface area contributed by atoms with E-state index in [9.17, 15) is 5.21 Å². The normalized spacial score (nSPS) is 15.3. The average Bonchev–Trinajstić information content (AvgIpc) is 3.08. The predicted molar refractivity (Wildman–Crippen MR) is 107 cm³/mol. The number of nitrogens with zero attached hydrogens (tertiary/aromatic N) is 7. The Hall–Kier alpha value is -2.50. The molecular weight excluding hydrogens is 428 g/mol. The van der Waals surface area contributed by atoms with Crippen LogP contribution in [0.4, 0.5) is 11.9 Å². The Bertz CT molecular complexity index is 957. The van der Waals surface area contributed by atoms with Crippen LogP contribution in [-0.4, -0.2) is 68.9 Å². The maximum atomic E-state index is 11.5. The largest absolute Gasteiger partial charge is 0.619 e. The lowest BCUT2D eigenvalue weighted by Gasteiger charge is -2.34. The van der Waals surface area contributed by atoms with Crippen LogP contribution in [-0.2, 0) is 6.54 Å². The highest BCUT2D eigenvalue weighted by Gasteiger charge is 2.21. The lowest BCUT2D eigenvalue weighted by atomic mass is 10.3. The van der Waals surface area contributed by atoms with Crippen LogP contribution in [0, 0.1) is 5.21 Å². The van der Waals surface area contributed by atoms with Gasteiger partial charge in [-0.1, -0.05) is 0 Å². The molecule has 0 saturated carbocycles. The Balaban J connectivity index is 1.57. The van der Waals surface area contributed by atoms with Crippen molar-refractivity contribution in [2.24, 2.45) is 0 Å². The number of fused-ring (bicyclic) bond motifs is 1. The molecule has 148 valence electrons. The van der Waals surface area contributed by atoms with Gasteiger partial charge >= 0.3 is 0 Å². The molecule has 0 spiro atoms. The van der Waals surface area contributed by atoms with Crippen LogP contribution in [0.5, 0.6) is 0 Å². The molecule has 1 fully saturated rings. The van der Waals surface area contributed by atoms with Crippen LogP contribution >= 0.6 is 15.9 Å². The zero-order chi connectivity index (χ0) is 19.5. The number of β-amino-alcohol motifs (C(OH)–C–C–N with tert-alkyl or cyclic N) is 1. The summed E-state index contributed by atoms with van der Waals surface area (Å²) in [6.45, 7) is 4.58. The summed E-state index contributed by atoms with van der Waals surface area (Å²) >= 11 is 3.49. The van der Waals surface area contributed by atoms with Gasteiger partial charge in [-0.25, -0.2) is 0 Å². The van der Waals surface area contributed by atoms with Crippen molar-refractivity contribution in [3.05, 3.63) is 46.0 Å². The molecular formula is C17H21BrN8O2. The van der Waals surface area contributed by atoms with Crippen LogP contribution in [0.2, 0.25) is 0 Å². The topological polar surface area (TPSA) is 109 Å². The molecule has 10 nitrogen and oxygen atoms in total. The van der Waals surface area contributed by atoms with Crippen molar-refractivity contribution in [1.29, 1.82) is 0 Å². The minimum absolute atomic E-state index is 0.169. The minimum atomic E-state index is 0.169. The molecule has 11 heteroatoms. The van der Waals surface area contributed by atoms with Crippen LogP contribution in [0.1, 0.15) is 5.56 Å². The second kappa shape index (κ2) is 8.25. The zero-order valence-electron chi connectivity index (χ0n) is 15.2.